The van der Waals surface area contributed by atoms with E-state index in [-0.39, 0.29) is 24.1 Å². The van der Waals surface area contributed by atoms with Crippen LogP contribution in [0.3, 0.4) is 0 Å². The summed E-state index contributed by atoms with van der Waals surface area (Å²) in [7, 11) is 0. The molecule has 0 aromatic heterocycles. The summed E-state index contributed by atoms with van der Waals surface area (Å²) in [5.74, 6) is -4.08. The summed E-state index contributed by atoms with van der Waals surface area (Å²) in [5.41, 5.74) is -1.48. The van der Waals surface area contributed by atoms with Crippen LogP contribution in [0.4, 0.5) is 14.5 Å². The van der Waals surface area contributed by atoms with Gasteiger partial charge in [-0.05, 0) is 18.4 Å². The van der Waals surface area contributed by atoms with Gasteiger partial charge in [0.05, 0.1) is 10.3 Å². The molecule has 0 radical (unpaired) electrons. The van der Waals surface area contributed by atoms with Crippen molar-refractivity contribution in [3.63, 3.8) is 0 Å². The van der Waals surface area contributed by atoms with Gasteiger partial charge in [0.1, 0.15) is 0 Å². The Bertz CT molecular complexity index is 549. The zero-order valence-corrected chi connectivity index (χ0v) is 10.5. The normalized spacial score (nSPS) is 20.3. The molecule has 0 saturated heterocycles. The maximum atomic E-state index is 13.2. The Morgan fingerprint density at radius 2 is 1.85 bits per heavy atom. The fourth-order valence-corrected chi connectivity index (χ4v) is 2.59. The van der Waals surface area contributed by atoms with Crippen LogP contribution in [0.25, 0.3) is 0 Å². The second kappa shape index (κ2) is 4.81. The number of nitro groups is 1. The number of benzene rings is 1. The number of non-ortho nitro benzene ring substituents is 1. The number of alkyl halides is 2. The zero-order valence-electron chi connectivity index (χ0n) is 10.5. The molecule has 0 bridgehead atoms. The summed E-state index contributed by atoms with van der Waals surface area (Å²) < 4.78 is 26.5. The van der Waals surface area contributed by atoms with E-state index in [9.17, 15) is 28.8 Å². The first-order valence-electron chi connectivity index (χ1n) is 6.13. The van der Waals surface area contributed by atoms with Crippen molar-refractivity contribution in [1.82, 2.24) is 0 Å². The number of carboxylic acid groups (broad SMARTS) is 1. The van der Waals surface area contributed by atoms with E-state index < -0.39 is 35.1 Å². The molecule has 0 heterocycles. The lowest BCUT2D eigenvalue weighted by Crippen LogP contribution is -2.42. The zero-order chi connectivity index (χ0) is 15.0. The first kappa shape index (κ1) is 14.4. The summed E-state index contributed by atoms with van der Waals surface area (Å²) in [6.45, 7) is 0. The first-order valence-corrected chi connectivity index (χ1v) is 6.13. The molecular weight excluding hydrogens is 272 g/mol. The smallest absolute Gasteiger partial charge is 0.314 e. The number of nitrogens with zero attached hydrogens (tertiary/aromatic N) is 1. The number of halogens is 2. The van der Waals surface area contributed by atoms with Crippen LogP contribution in [0.2, 0.25) is 0 Å². The van der Waals surface area contributed by atoms with Crippen LogP contribution < -0.4 is 0 Å². The summed E-state index contributed by atoms with van der Waals surface area (Å²) >= 11 is 0. The third-order valence-corrected chi connectivity index (χ3v) is 3.85. The monoisotopic (exact) mass is 285 g/mol. The minimum absolute atomic E-state index is 0.217. The third-order valence-electron chi connectivity index (χ3n) is 3.85. The van der Waals surface area contributed by atoms with Crippen molar-refractivity contribution in [3.8, 4) is 0 Å². The van der Waals surface area contributed by atoms with Gasteiger partial charge in [-0.3, -0.25) is 14.9 Å². The van der Waals surface area contributed by atoms with Crippen LogP contribution in [-0.2, 0) is 10.2 Å². The molecule has 1 aliphatic rings. The van der Waals surface area contributed by atoms with Crippen LogP contribution in [0, 0.1) is 10.1 Å². The summed E-state index contributed by atoms with van der Waals surface area (Å²) in [6, 6.07) is 5.24. The van der Waals surface area contributed by atoms with Gasteiger partial charge >= 0.3 is 5.97 Å². The summed E-state index contributed by atoms with van der Waals surface area (Å²) in [4.78, 5) is 21.7. The van der Waals surface area contributed by atoms with E-state index in [1.807, 2.05) is 0 Å². The van der Waals surface area contributed by atoms with Crippen LogP contribution >= 0.6 is 0 Å². The Balaban J connectivity index is 2.42. The molecule has 0 unspecified atom stereocenters. The maximum Gasteiger partial charge on any atom is 0.314 e. The maximum absolute atomic E-state index is 13.2. The minimum atomic E-state index is -2.86. The quantitative estimate of drug-likeness (QED) is 0.683. The number of hydrogen-bond donors (Lipinski definition) is 1. The fraction of sp³-hybridized carbons (Fsp3) is 0.462. The molecule has 108 valence electrons. The largest absolute Gasteiger partial charge is 0.481 e. The molecule has 0 amide bonds. The highest BCUT2D eigenvalue weighted by Crippen LogP contribution is 2.46. The summed E-state index contributed by atoms with van der Waals surface area (Å²) in [6.07, 6.45) is -1.50. The second-order valence-electron chi connectivity index (χ2n) is 5.05. The molecule has 1 aromatic rings. The molecule has 7 heteroatoms. The van der Waals surface area contributed by atoms with Crippen molar-refractivity contribution in [2.75, 3.05) is 0 Å². The summed E-state index contributed by atoms with van der Waals surface area (Å²) in [5, 5.41) is 20.2. The molecule has 1 fully saturated rings. The van der Waals surface area contributed by atoms with Crippen molar-refractivity contribution >= 4 is 11.7 Å². The minimum Gasteiger partial charge on any atom is -0.481 e. The van der Waals surface area contributed by atoms with Gasteiger partial charge in [-0.25, -0.2) is 8.78 Å². The van der Waals surface area contributed by atoms with Crippen molar-refractivity contribution in [2.24, 2.45) is 0 Å². The number of rotatable bonds is 3. The van der Waals surface area contributed by atoms with Crippen molar-refractivity contribution < 1.29 is 23.6 Å². The molecule has 0 aliphatic heterocycles. The Hall–Kier alpha value is -2.05. The predicted molar refractivity (Wildman–Crippen MR) is 65.8 cm³/mol. The van der Waals surface area contributed by atoms with Crippen molar-refractivity contribution in [2.45, 2.75) is 37.0 Å². The topological polar surface area (TPSA) is 80.4 Å². The van der Waals surface area contributed by atoms with Gasteiger partial charge in [0.25, 0.3) is 5.69 Å². The molecule has 20 heavy (non-hydrogen) atoms. The average Bonchev–Trinajstić information content (AvgIpc) is 2.39. The van der Waals surface area contributed by atoms with E-state index in [1.165, 1.54) is 18.2 Å². The number of carboxylic acids is 1. The molecule has 0 spiro atoms. The van der Waals surface area contributed by atoms with Gasteiger partial charge in [-0.1, -0.05) is 12.1 Å². The van der Waals surface area contributed by atoms with Crippen LogP contribution in [0.5, 0.6) is 0 Å². The lowest BCUT2D eigenvalue weighted by Gasteiger charge is -2.36. The van der Waals surface area contributed by atoms with Gasteiger partial charge in [0.15, 0.2) is 0 Å². The first-order chi connectivity index (χ1) is 9.27. The molecule has 1 aliphatic carbocycles. The van der Waals surface area contributed by atoms with E-state index in [0.717, 1.165) is 6.07 Å². The second-order valence-corrected chi connectivity index (χ2v) is 5.05. The van der Waals surface area contributed by atoms with E-state index in [2.05, 4.69) is 0 Å². The molecule has 1 saturated carbocycles. The molecule has 1 N–H and O–H groups in total. The van der Waals surface area contributed by atoms with Gasteiger partial charge < -0.3 is 5.11 Å². The highest BCUT2D eigenvalue weighted by molar-refractivity contribution is 5.82. The van der Waals surface area contributed by atoms with Gasteiger partial charge in [0.2, 0.25) is 5.92 Å². The van der Waals surface area contributed by atoms with E-state index in [0.29, 0.717) is 0 Å². The molecule has 2 rings (SSSR count). The van der Waals surface area contributed by atoms with Crippen LogP contribution in [-0.4, -0.2) is 21.9 Å². The SMILES string of the molecule is O=C(O)C1(c2cccc([N+](=O)[O-])c2)CCC(F)(F)CC1. The van der Waals surface area contributed by atoms with Crippen LogP contribution in [0.1, 0.15) is 31.2 Å². The predicted octanol–water partition coefficient (Wildman–Crippen LogP) is 3.13. The number of nitro benzene ring substituents is 1. The highest BCUT2D eigenvalue weighted by Gasteiger charge is 2.49. The third kappa shape index (κ3) is 2.48. The Morgan fingerprint density at radius 3 is 2.35 bits per heavy atom. The van der Waals surface area contributed by atoms with E-state index in [1.54, 1.807) is 0 Å². The Labute approximate surface area is 113 Å². The van der Waals surface area contributed by atoms with Crippen LogP contribution in [0.15, 0.2) is 24.3 Å². The standard InChI is InChI=1S/C13H13F2NO4/c14-13(15)6-4-12(5-7-13,11(17)18)9-2-1-3-10(8-9)16(19)20/h1-3,8H,4-7H2,(H,17,18). The number of hydrogen-bond acceptors (Lipinski definition) is 3. The fourth-order valence-electron chi connectivity index (χ4n) is 2.59. The van der Waals surface area contributed by atoms with Crippen molar-refractivity contribution in [1.29, 1.82) is 0 Å². The molecule has 5 nitrogen and oxygen atoms in total. The average molecular weight is 285 g/mol. The highest BCUT2D eigenvalue weighted by atomic mass is 19.3. The van der Waals surface area contributed by atoms with E-state index in [4.69, 9.17) is 0 Å². The van der Waals surface area contributed by atoms with Gasteiger partial charge in [-0.15, -0.1) is 0 Å². The number of aliphatic carboxylic acids is 1. The lowest BCUT2D eigenvalue weighted by molar-refractivity contribution is -0.385. The molecular formula is C13H13F2NO4. The lowest BCUT2D eigenvalue weighted by atomic mass is 9.68. The molecule has 1 aromatic carbocycles. The van der Waals surface area contributed by atoms with Gasteiger partial charge in [-0.2, -0.15) is 0 Å². The number of carbonyl (C=O) groups is 1. The van der Waals surface area contributed by atoms with Crippen molar-refractivity contribution in [3.05, 3.63) is 39.9 Å². The molecule has 0 atom stereocenters. The van der Waals surface area contributed by atoms with Gasteiger partial charge in [0, 0.05) is 25.0 Å². The Kier molecular flexibility index (Phi) is 3.45. The Morgan fingerprint density at radius 1 is 1.25 bits per heavy atom. The van der Waals surface area contributed by atoms with E-state index >= 15 is 0 Å².